The third-order valence-electron chi connectivity index (χ3n) is 1.93. The van der Waals surface area contributed by atoms with Crippen LogP contribution < -0.4 is 5.32 Å². The van der Waals surface area contributed by atoms with E-state index in [0.29, 0.717) is 5.69 Å². The van der Waals surface area contributed by atoms with E-state index in [-0.39, 0.29) is 0 Å². The molecule has 0 saturated heterocycles. The molecular weight excluding hydrogens is 196 g/mol. The van der Waals surface area contributed by atoms with Crippen molar-refractivity contribution in [1.82, 2.24) is 0 Å². The Hall–Kier alpha value is -1.91. The average molecular weight is 208 g/mol. The average Bonchev–Trinajstić information content (AvgIpc) is 2.08. The number of nitrogens with zero attached hydrogens (tertiary/aromatic N) is 1. The van der Waals surface area contributed by atoms with Gasteiger partial charge in [-0.2, -0.15) is 0 Å². The fourth-order valence-electron chi connectivity index (χ4n) is 1.26. The van der Waals surface area contributed by atoms with Gasteiger partial charge in [0.05, 0.1) is 0 Å². The number of hydrogen-bond donors (Lipinski definition) is 1. The molecule has 0 fully saturated rings. The minimum absolute atomic E-state index is 0.605. The van der Waals surface area contributed by atoms with Crippen LogP contribution in [0.1, 0.15) is 11.1 Å². The Bertz CT molecular complexity index is 402. The van der Waals surface area contributed by atoms with E-state index in [1.807, 2.05) is 26.0 Å². The van der Waals surface area contributed by atoms with Crippen LogP contribution in [-0.4, -0.2) is 17.4 Å². The number of amides is 1. The molecule has 0 unspecified atom stereocenters. The second kappa shape index (κ2) is 4.54. The van der Waals surface area contributed by atoms with E-state index < -0.39 is 17.4 Å². The molecule has 0 aliphatic heterocycles. The smallest absolute Gasteiger partial charge is 0.296 e. The van der Waals surface area contributed by atoms with Crippen molar-refractivity contribution in [3.05, 3.63) is 39.4 Å². The van der Waals surface area contributed by atoms with E-state index in [4.69, 9.17) is 0 Å². The number of benzene rings is 1. The van der Waals surface area contributed by atoms with Crippen molar-refractivity contribution in [2.45, 2.75) is 13.8 Å². The van der Waals surface area contributed by atoms with Crippen molar-refractivity contribution in [2.75, 3.05) is 11.9 Å². The molecule has 5 heteroatoms. The first kappa shape index (κ1) is 11.2. The second-order valence-corrected chi connectivity index (χ2v) is 3.36. The highest BCUT2D eigenvalue weighted by atomic mass is 16.6. The van der Waals surface area contributed by atoms with Gasteiger partial charge in [-0.05, 0) is 25.5 Å². The lowest BCUT2D eigenvalue weighted by Gasteiger charge is -2.06. The first-order chi connectivity index (χ1) is 6.99. The normalized spacial score (nSPS) is 9.73. The van der Waals surface area contributed by atoms with Gasteiger partial charge < -0.3 is 5.32 Å². The molecule has 0 heterocycles. The van der Waals surface area contributed by atoms with Gasteiger partial charge in [-0.15, -0.1) is 0 Å². The van der Waals surface area contributed by atoms with Gasteiger partial charge in [0.2, 0.25) is 0 Å². The number of carbonyl (C=O) groups is 1. The van der Waals surface area contributed by atoms with Gasteiger partial charge in [-0.25, -0.2) is 0 Å². The Morgan fingerprint density at radius 2 is 2.13 bits per heavy atom. The molecule has 0 bridgehead atoms. The SMILES string of the molecule is Cc1ccc(NC(=O)C[N+](=O)[O-])c(C)c1. The molecule has 0 aliphatic carbocycles. The maximum atomic E-state index is 11.1. The summed E-state index contributed by atoms with van der Waals surface area (Å²) in [6.45, 7) is 3.08. The summed E-state index contributed by atoms with van der Waals surface area (Å²) in [5.74, 6) is -0.605. The molecular formula is C10H12N2O3. The molecule has 1 rings (SSSR count). The van der Waals surface area contributed by atoms with E-state index in [1.54, 1.807) is 6.07 Å². The van der Waals surface area contributed by atoms with Crippen LogP contribution in [-0.2, 0) is 4.79 Å². The van der Waals surface area contributed by atoms with Crippen LogP contribution in [0.25, 0.3) is 0 Å². The van der Waals surface area contributed by atoms with E-state index in [0.717, 1.165) is 11.1 Å². The lowest BCUT2D eigenvalue weighted by atomic mass is 10.1. The van der Waals surface area contributed by atoms with Gasteiger partial charge in [0, 0.05) is 10.6 Å². The summed E-state index contributed by atoms with van der Waals surface area (Å²) in [4.78, 5) is 20.5. The van der Waals surface area contributed by atoms with Gasteiger partial charge >= 0.3 is 0 Å². The highest BCUT2D eigenvalue weighted by Crippen LogP contribution is 2.15. The number of hydrogen-bond acceptors (Lipinski definition) is 3. The van der Waals surface area contributed by atoms with Gasteiger partial charge in [0.1, 0.15) is 0 Å². The molecule has 0 atom stereocenters. The second-order valence-electron chi connectivity index (χ2n) is 3.36. The number of nitro groups is 1. The van der Waals surface area contributed by atoms with Crippen LogP contribution in [0.2, 0.25) is 0 Å². The Labute approximate surface area is 87.3 Å². The molecule has 0 aromatic heterocycles. The minimum atomic E-state index is -0.701. The van der Waals surface area contributed by atoms with Crippen molar-refractivity contribution in [1.29, 1.82) is 0 Å². The molecule has 1 amide bonds. The third kappa shape index (κ3) is 3.38. The summed E-state index contributed by atoms with van der Waals surface area (Å²) in [6, 6.07) is 5.49. The monoisotopic (exact) mass is 208 g/mol. The maximum Gasteiger partial charge on any atom is 0.296 e. The summed E-state index contributed by atoms with van der Waals surface area (Å²) in [5, 5.41) is 12.6. The van der Waals surface area contributed by atoms with E-state index in [9.17, 15) is 14.9 Å². The lowest BCUT2D eigenvalue weighted by Crippen LogP contribution is -2.22. The Balaban J connectivity index is 2.72. The fourth-order valence-corrected chi connectivity index (χ4v) is 1.26. The van der Waals surface area contributed by atoms with Crippen molar-refractivity contribution in [3.63, 3.8) is 0 Å². The first-order valence-electron chi connectivity index (χ1n) is 4.48. The topological polar surface area (TPSA) is 72.2 Å². The van der Waals surface area contributed by atoms with Crippen LogP contribution in [0.5, 0.6) is 0 Å². The number of anilines is 1. The maximum absolute atomic E-state index is 11.1. The third-order valence-corrected chi connectivity index (χ3v) is 1.93. The molecule has 5 nitrogen and oxygen atoms in total. The molecule has 0 aliphatic rings. The zero-order valence-electron chi connectivity index (χ0n) is 8.61. The van der Waals surface area contributed by atoms with Gasteiger partial charge in [0.15, 0.2) is 0 Å². The summed E-state index contributed by atoms with van der Waals surface area (Å²) in [7, 11) is 0. The van der Waals surface area contributed by atoms with E-state index in [1.165, 1.54) is 0 Å². The molecule has 0 radical (unpaired) electrons. The number of rotatable bonds is 3. The predicted octanol–water partition coefficient (Wildman–Crippen LogP) is 1.52. The summed E-state index contributed by atoms with van der Waals surface area (Å²) < 4.78 is 0. The molecule has 0 spiro atoms. The predicted molar refractivity (Wildman–Crippen MR) is 56.4 cm³/mol. The molecule has 1 N–H and O–H groups in total. The van der Waals surface area contributed by atoms with E-state index in [2.05, 4.69) is 5.32 Å². The quantitative estimate of drug-likeness (QED) is 0.604. The largest absolute Gasteiger partial charge is 0.320 e. The van der Waals surface area contributed by atoms with Crippen LogP contribution in [0, 0.1) is 24.0 Å². The summed E-state index contributed by atoms with van der Waals surface area (Å²) in [5.41, 5.74) is 2.60. The van der Waals surface area contributed by atoms with Crippen molar-refractivity contribution in [2.24, 2.45) is 0 Å². The van der Waals surface area contributed by atoms with Gasteiger partial charge in [0.25, 0.3) is 12.5 Å². The zero-order valence-corrected chi connectivity index (χ0v) is 8.61. The number of aryl methyl sites for hydroxylation is 2. The molecule has 80 valence electrons. The fraction of sp³-hybridized carbons (Fsp3) is 0.300. The minimum Gasteiger partial charge on any atom is -0.320 e. The molecule has 1 aromatic rings. The number of nitrogens with one attached hydrogen (secondary N) is 1. The van der Waals surface area contributed by atoms with Crippen molar-refractivity contribution in [3.8, 4) is 0 Å². The number of carbonyl (C=O) groups excluding carboxylic acids is 1. The van der Waals surface area contributed by atoms with E-state index >= 15 is 0 Å². The Kier molecular flexibility index (Phi) is 3.38. The zero-order chi connectivity index (χ0) is 11.4. The standard InChI is InChI=1S/C10H12N2O3/c1-7-3-4-9(8(2)5-7)11-10(13)6-12(14)15/h3-5H,6H2,1-2H3,(H,11,13). The van der Waals surface area contributed by atoms with Crippen LogP contribution in [0.3, 0.4) is 0 Å². The Morgan fingerprint density at radius 3 is 2.67 bits per heavy atom. The Morgan fingerprint density at radius 1 is 1.47 bits per heavy atom. The first-order valence-corrected chi connectivity index (χ1v) is 4.48. The van der Waals surface area contributed by atoms with Crippen LogP contribution in [0.4, 0.5) is 5.69 Å². The van der Waals surface area contributed by atoms with Crippen LogP contribution >= 0.6 is 0 Å². The molecule has 1 aromatic carbocycles. The summed E-state index contributed by atoms with van der Waals surface area (Å²) in [6.07, 6.45) is 0. The van der Waals surface area contributed by atoms with Crippen molar-refractivity contribution >= 4 is 11.6 Å². The molecule has 15 heavy (non-hydrogen) atoms. The highest BCUT2D eigenvalue weighted by Gasteiger charge is 2.10. The highest BCUT2D eigenvalue weighted by molar-refractivity contribution is 5.92. The lowest BCUT2D eigenvalue weighted by molar-refractivity contribution is -0.467. The van der Waals surface area contributed by atoms with Gasteiger partial charge in [-0.1, -0.05) is 17.7 Å². The van der Waals surface area contributed by atoms with Gasteiger partial charge in [-0.3, -0.25) is 14.9 Å². The molecule has 0 saturated carbocycles. The van der Waals surface area contributed by atoms with Crippen LogP contribution in [0.15, 0.2) is 18.2 Å². The summed E-state index contributed by atoms with van der Waals surface area (Å²) >= 11 is 0. The van der Waals surface area contributed by atoms with Crippen molar-refractivity contribution < 1.29 is 9.72 Å².